The Kier molecular flexibility index (Phi) is 6.67. The highest BCUT2D eigenvalue weighted by Gasteiger charge is 2.18. The van der Waals surface area contributed by atoms with Gasteiger partial charge in [0, 0.05) is 35.8 Å². The van der Waals surface area contributed by atoms with Crippen molar-refractivity contribution in [2.45, 2.75) is 25.0 Å². The van der Waals surface area contributed by atoms with E-state index in [2.05, 4.69) is 11.4 Å². The van der Waals surface area contributed by atoms with Crippen LogP contribution in [0, 0.1) is 0 Å². The Hall–Kier alpha value is -0.910. The van der Waals surface area contributed by atoms with Crippen LogP contribution in [0.3, 0.4) is 0 Å². The first-order chi connectivity index (χ1) is 10.3. The van der Waals surface area contributed by atoms with Crippen LogP contribution in [0.25, 0.3) is 0 Å². The first-order valence-corrected chi connectivity index (χ1v) is 8.52. The van der Waals surface area contributed by atoms with Gasteiger partial charge in [-0.05, 0) is 26.0 Å². The van der Waals surface area contributed by atoms with Gasteiger partial charge in [-0.1, -0.05) is 6.07 Å². The van der Waals surface area contributed by atoms with E-state index in [1.165, 1.54) is 18.4 Å². The summed E-state index contributed by atoms with van der Waals surface area (Å²) in [6.07, 6.45) is 2.83. The molecular weight excluding hydrogens is 286 g/mol. The van der Waals surface area contributed by atoms with Crippen LogP contribution in [-0.2, 0) is 4.74 Å². The van der Waals surface area contributed by atoms with Crippen LogP contribution in [0.1, 0.15) is 24.4 Å². The number of nitrogens with one attached hydrogen (secondary N) is 1. The van der Waals surface area contributed by atoms with E-state index in [1.807, 2.05) is 30.9 Å². The van der Waals surface area contributed by atoms with Gasteiger partial charge in [0.05, 0.1) is 20.3 Å². The Morgan fingerprint density at radius 1 is 1.38 bits per heavy atom. The van der Waals surface area contributed by atoms with Crippen molar-refractivity contribution in [2.24, 2.45) is 0 Å². The van der Waals surface area contributed by atoms with Crippen molar-refractivity contribution in [3.05, 3.63) is 23.8 Å². The molecule has 0 spiro atoms. The maximum Gasteiger partial charge on any atom is 0.127 e. The molecule has 0 radical (unpaired) electrons. The summed E-state index contributed by atoms with van der Waals surface area (Å²) in [5.41, 5.74) is 1.17. The van der Waals surface area contributed by atoms with Gasteiger partial charge in [-0.3, -0.25) is 0 Å². The summed E-state index contributed by atoms with van der Waals surface area (Å²) in [5, 5.41) is 3.37. The Morgan fingerprint density at radius 2 is 2.24 bits per heavy atom. The maximum atomic E-state index is 5.67. The van der Waals surface area contributed by atoms with Gasteiger partial charge in [-0.25, -0.2) is 0 Å². The van der Waals surface area contributed by atoms with E-state index >= 15 is 0 Å². The van der Waals surface area contributed by atoms with Crippen molar-refractivity contribution in [3.8, 4) is 11.5 Å². The van der Waals surface area contributed by atoms with E-state index in [9.17, 15) is 0 Å². The van der Waals surface area contributed by atoms with Crippen LogP contribution in [-0.4, -0.2) is 45.5 Å². The number of rotatable bonds is 8. The van der Waals surface area contributed by atoms with Crippen LogP contribution in [0.5, 0.6) is 11.5 Å². The monoisotopic (exact) mass is 311 g/mol. The van der Waals surface area contributed by atoms with Crippen LogP contribution < -0.4 is 14.8 Å². The lowest BCUT2D eigenvalue weighted by Gasteiger charge is -2.20. The molecule has 1 aromatic rings. The van der Waals surface area contributed by atoms with Gasteiger partial charge in [-0.15, -0.1) is 0 Å². The average Bonchev–Trinajstić information content (AvgIpc) is 3.04. The highest BCUT2D eigenvalue weighted by atomic mass is 32.2. The summed E-state index contributed by atoms with van der Waals surface area (Å²) in [6.45, 7) is 0.924. The second-order valence-electron chi connectivity index (χ2n) is 5.12. The maximum absolute atomic E-state index is 5.67. The summed E-state index contributed by atoms with van der Waals surface area (Å²) < 4.78 is 16.4. The van der Waals surface area contributed by atoms with Crippen molar-refractivity contribution in [1.82, 2.24) is 5.32 Å². The molecule has 2 unspecified atom stereocenters. The second-order valence-corrected chi connectivity index (χ2v) is 6.20. The van der Waals surface area contributed by atoms with E-state index in [1.54, 1.807) is 14.2 Å². The Balaban J connectivity index is 1.95. The van der Waals surface area contributed by atoms with Crippen LogP contribution in [0.4, 0.5) is 0 Å². The van der Waals surface area contributed by atoms with E-state index in [0.29, 0.717) is 6.10 Å². The predicted octanol–water partition coefficient (Wildman–Crippen LogP) is 2.88. The molecule has 1 heterocycles. The lowest BCUT2D eigenvalue weighted by Crippen LogP contribution is -2.20. The molecule has 4 nitrogen and oxygen atoms in total. The minimum absolute atomic E-state index is 0.261. The molecule has 1 fully saturated rings. The van der Waals surface area contributed by atoms with Crippen molar-refractivity contribution in [2.75, 3.05) is 39.4 Å². The van der Waals surface area contributed by atoms with Crippen LogP contribution >= 0.6 is 11.8 Å². The lowest BCUT2D eigenvalue weighted by atomic mass is 10.1. The molecule has 0 bridgehead atoms. The van der Waals surface area contributed by atoms with E-state index < -0.39 is 0 Å². The fraction of sp³-hybridized carbons (Fsp3) is 0.625. The third kappa shape index (κ3) is 4.53. The topological polar surface area (TPSA) is 39.7 Å². The Bertz CT molecular complexity index is 436. The molecule has 118 valence electrons. The van der Waals surface area contributed by atoms with Crippen LogP contribution in [0.2, 0.25) is 0 Å². The number of hydrogen-bond donors (Lipinski definition) is 1. The Morgan fingerprint density at radius 3 is 2.86 bits per heavy atom. The molecule has 2 atom stereocenters. The summed E-state index contributed by atoms with van der Waals surface area (Å²) in [4.78, 5) is 0. The minimum atomic E-state index is 0.261. The molecule has 5 heteroatoms. The van der Waals surface area contributed by atoms with Gasteiger partial charge in [0.1, 0.15) is 11.5 Å². The van der Waals surface area contributed by atoms with Crippen molar-refractivity contribution < 1.29 is 14.2 Å². The quantitative estimate of drug-likeness (QED) is 0.799. The fourth-order valence-corrected chi connectivity index (χ4v) is 3.77. The van der Waals surface area contributed by atoms with E-state index in [-0.39, 0.29) is 6.04 Å². The number of hydrogen-bond acceptors (Lipinski definition) is 5. The number of benzene rings is 1. The fourth-order valence-electron chi connectivity index (χ4n) is 2.53. The van der Waals surface area contributed by atoms with E-state index in [4.69, 9.17) is 14.2 Å². The van der Waals surface area contributed by atoms with Gasteiger partial charge in [0.2, 0.25) is 0 Å². The lowest BCUT2D eigenvalue weighted by molar-refractivity contribution is 0.129. The minimum Gasteiger partial charge on any atom is -0.497 e. The van der Waals surface area contributed by atoms with Crippen molar-refractivity contribution in [3.63, 3.8) is 0 Å². The third-order valence-electron chi connectivity index (χ3n) is 3.78. The van der Waals surface area contributed by atoms with Gasteiger partial charge in [0.25, 0.3) is 0 Å². The zero-order chi connectivity index (χ0) is 15.1. The highest BCUT2D eigenvalue weighted by Crippen LogP contribution is 2.31. The van der Waals surface area contributed by atoms with Crippen molar-refractivity contribution >= 4 is 11.8 Å². The molecule has 21 heavy (non-hydrogen) atoms. The SMILES string of the molecule is CNC(CSCC1CCCO1)c1ccc(OC)cc1OC. The van der Waals surface area contributed by atoms with Gasteiger partial charge in [0.15, 0.2) is 0 Å². The molecule has 1 aliphatic rings. The average molecular weight is 311 g/mol. The molecule has 1 N–H and O–H groups in total. The molecule has 0 aromatic heterocycles. The highest BCUT2D eigenvalue weighted by molar-refractivity contribution is 7.99. The first-order valence-electron chi connectivity index (χ1n) is 7.37. The normalized spacial score (nSPS) is 19.5. The summed E-state index contributed by atoms with van der Waals surface area (Å²) in [7, 11) is 5.35. The molecule has 1 aliphatic heterocycles. The smallest absolute Gasteiger partial charge is 0.127 e. The van der Waals surface area contributed by atoms with Crippen LogP contribution in [0.15, 0.2) is 18.2 Å². The number of ether oxygens (including phenoxy) is 3. The molecule has 1 saturated heterocycles. The van der Waals surface area contributed by atoms with Crippen molar-refractivity contribution in [1.29, 1.82) is 0 Å². The van der Waals surface area contributed by atoms with Gasteiger partial charge in [-0.2, -0.15) is 11.8 Å². The predicted molar refractivity (Wildman–Crippen MR) is 87.6 cm³/mol. The summed E-state index contributed by atoms with van der Waals surface area (Å²) in [5.74, 6) is 3.75. The first kappa shape index (κ1) is 16.5. The third-order valence-corrected chi connectivity index (χ3v) is 4.95. The summed E-state index contributed by atoms with van der Waals surface area (Å²) >= 11 is 1.93. The molecule has 0 amide bonds. The number of methoxy groups -OCH3 is 2. The zero-order valence-electron chi connectivity index (χ0n) is 13.1. The Labute approximate surface area is 131 Å². The summed E-state index contributed by atoms with van der Waals surface area (Å²) in [6, 6.07) is 6.25. The zero-order valence-corrected chi connectivity index (χ0v) is 13.9. The van der Waals surface area contributed by atoms with Gasteiger partial charge < -0.3 is 19.5 Å². The molecule has 0 saturated carbocycles. The van der Waals surface area contributed by atoms with E-state index in [0.717, 1.165) is 29.6 Å². The molecule has 1 aromatic carbocycles. The van der Waals surface area contributed by atoms with Gasteiger partial charge >= 0.3 is 0 Å². The number of thioether (sulfide) groups is 1. The molecule has 0 aliphatic carbocycles. The molecule has 2 rings (SSSR count). The second kappa shape index (κ2) is 8.51. The largest absolute Gasteiger partial charge is 0.497 e. The standard InChI is InChI=1S/C16H25NO3S/c1-17-15(11-21-10-13-5-4-8-20-13)14-7-6-12(18-2)9-16(14)19-3/h6-7,9,13,15,17H,4-5,8,10-11H2,1-3H3. The molecular formula is C16H25NO3S.